The third kappa shape index (κ3) is 2.43. The van der Waals surface area contributed by atoms with Gasteiger partial charge in [-0.25, -0.2) is 0 Å². The number of carbonyl (C=O) groups excluding carboxylic acids is 1. The molecule has 0 amide bonds. The molecule has 0 N–H and O–H groups in total. The van der Waals surface area contributed by atoms with Crippen molar-refractivity contribution in [1.82, 2.24) is 0 Å². The Bertz CT molecular complexity index is 1050. The molecule has 0 bridgehead atoms. The molecule has 0 fully saturated rings. The maximum Gasteiger partial charge on any atom is 0.347 e. The molecule has 0 aromatic heterocycles. The van der Waals surface area contributed by atoms with Gasteiger partial charge < -0.3 is 4.52 Å². The van der Waals surface area contributed by atoms with E-state index < -0.39 is 12.9 Å². The topological polar surface area (TPSA) is 43.4 Å². The van der Waals surface area contributed by atoms with Crippen LogP contribution in [0.1, 0.15) is 21.5 Å². The summed E-state index contributed by atoms with van der Waals surface area (Å²) >= 11 is 0. The quantitative estimate of drug-likeness (QED) is 0.605. The van der Waals surface area contributed by atoms with E-state index in [9.17, 15) is 9.36 Å². The summed E-state index contributed by atoms with van der Waals surface area (Å²) in [6, 6.07) is 20.2. The van der Waals surface area contributed by atoms with E-state index in [0.717, 1.165) is 22.3 Å². The highest BCUT2D eigenvalue weighted by Crippen LogP contribution is 2.56. The Morgan fingerprint density at radius 2 is 1.56 bits per heavy atom. The van der Waals surface area contributed by atoms with Crippen molar-refractivity contribution >= 4 is 18.2 Å². The summed E-state index contributed by atoms with van der Waals surface area (Å²) in [7, 11) is -3.73. The van der Waals surface area contributed by atoms with Gasteiger partial charge in [-0.05, 0) is 37.1 Å². The molecule has 3 aromatic carbocycles. The minimum Gasteiger partial charge on any atom is -0.434 e. The number of para-hydroxylation sites is 1. The molecule has 1 atom stereocenters. The monoisotopic (exact) mass is 348 g/mol. The van der Waals surface area contributed by atoms with Gasteiger partial charge in [0, 0.05) is 11.1 Å². The third-order valence-corrected chi connectivity index (χ3v) is 6.76. The molecule has 1 unspecified atom stereocenters. The lowest BCUT2D eigenvalue weighted by atomic mass is 10.0. The van der Waals surface area contributed by atoms with Crippen molar-refractivity contribution in [2.45, 2.75) is 13.8 Å². The lowest BCUT2D eigenvalue weighted by Gasteiger charge is -2.27. The number of fused-ring (bicyclic) bond motifs is 3. The average molecular weight is 348 g/mol. The van der Waals surface area contributed by atoms with Gasteiger partial charge in [0.2, 0.25) is 0 Å². The van der Waals surface area contributed by atoms with Crippen LogP contribution in [0, 0.1) is 13.8 Å². The number of aryl methyl sites for hydroxylation is 2. The van der Waals surface area contributed by atoms with Gasteiger partial charge in [0.1, 0.15) is 5.75 Å². The van der Waals surface area contributed by atoms with Crippen LogP contribution in [0.25, 0.3) is 11.1 Å². The summed E-state index contributed by atoms with van der Waals surface area (Å²) in [5.41, 5.74) is 3.52. The van der Waals surface area contributed by atoms with E-state index >= 15 is 0 Å². The molecular formula is C21H17O3P. The van der Waals surface area contributed by atoms with E-state index in [4.69, 9.17) is 4.52 Å². The molecular weight excluding hydrogens is 331 g/mol. The Morgan fingerprint density at radius 3 is 2.32 bits per heavy atom. The fourth-order valence-electron chi connectivity index (χ4n) is 3.28. The smallest absolute Gasteiger partial charge is 0.347 e. The molecule has 4 heteroatoms. The lowest BCUT2D eigenvalue weighted by Crippen LogP contribution is -2.23. The molecule has 3 nitrogen and oxygen atoms in total. The van der Waals surface area contributed by atoms with E-state index in [0.29, 0.717) is 16.6 Å². The van der Waals surface area contributed by atoms with Gasteiger partial charge in [0.15, 0.2) is 0 Å². The summed E-state index contributed by atoms with van der Waals surface area (Å²) in [5, 5.41) is 0.471. The van der Waals surface area contributed by atoms with Gasteiger partial charge in [-0.2, -0.15) is 0 Å². The van der Waals surface area contributed by atoms with E-state index in [1.54, 1.807) is 24.3 Å². The summed E-state index contributed by atoms with van der Waals surface area (Å²) in [6.45, 7) is 3.82. The van der Waals surface area contributed by atoms with Crippen molar-refractivity contribution in [3.63, 3.8) is 0 Å². The fourth-order valence-corrected chi connectivity index (χ4v) is 5.48. The maximum atomic E-state index is 13.8. The zero-order valence-electron chi connectivity index (χ0n) is 14.0. The van der Waals surface area contributed by atoms with Gasteiger partial charge >= 0.3 is 7.37 Å². The summed E-state index contributed by atoms with van der Waals surface area (Å²) < 4.78 is 19.6. The second kappa shape index (κ2) is 5.72. The molecule has 0 saturated heterocycles. The largest absolute Gasteiger partial charge is 0.434 e. The minimum atomic E-state index is -3.73. The van der Waals surface area contributed by atoms with Crippen LogP contribution in [-0.2, 0) is 4.57 Å². The van der Waals surface area contributed by atoms with Crippen LogP contribution in [0.4, 0.5) is 0 Å². The summed E-state index contributed by atoms with van der Waals surface area (Å²) in [5.74, 6) is 0.489. The maximum absolute atomic E-state index is 13.8. The highest BCUT2D eigenvalue weighted by Gasteiger charge is 2.43. The first-order valence-electron chi connectivity index (χ1n) is 8.11. The number of rotatable bonds is 2. The Balaban J connectivity index is 1.93. The third-order valence-electron chi connectivity index (χ3n) is 4.51. The number of hydrogen-bond donors (Lipinski definition) is 0. The fraction of sp³-hybridized carbons (Fsp3) is 0.0952. The molecule has 0 saturated carbocycles. The van der Waals surface area contributed by atoms with Crippen molar-refractivity contribution in [3.05, 3.63) is 83.4 Å². The van der Waals surface area contributed by atoms with Gasteiger partial charge in [0.25, 0.3) is 5.52 Å². The zero-order valence-corrected chi connectivity index (χ0v) is 14.9. The first-order chi connectivity index (χ1) is 12.0. The van der Waals surface area contributed by atoms with Crippen molar-refractivity contribution in [2.24, 2.45) is 0 Å². The van der Waals surface area contributed by atoms with Gasteiger partial charge in [-0.3, -0.25) is 9.36 Å². The molecule has 4 rings (SSSR count). The van der Waals surface area contributed by atoms with Crippen LogP contribution in [-0.4, -0.2) is 5.52 Å². The highest BCUT2D eigenvalue weighted by molar-refractivity contribution is 7.84. The van der Waals surface area contributed by atoms with Crippen LogP contribution in [0.2, 0.25) is 0 Å². The predicted molar refractivity (Wildman–Crippen MR) is 100.0 cm³/mol. The molecule has 0 aliphatic carbocycles. The Hall–Kier alpha value is -2.64. The van der Waals surface area contributed by atoms with Crippen LogP contribution in [0.15, 0.2) is 66.7 Å². The Kier molecular flexibility index (Phi) is 3.63. The molecule has 25 heavy (non-hydrogen) atoms. The minimum absolute atomic E-state index is 0.447. The van der Waals surface area contributed by atoms with E-state index in [2.05, 4.69) is 0 Å². The van der Waals surface area contributed by atoms with Crippen molar-refractivity contribution in [1.29, 1.82) is 0 Å². The Labute approximate surface area is 146 Å². The molecule has 0 spiro atoms. The molecule has 1 heterocycles. The number of benzene rings is 3. The molecule has 3 aromatic rings. The van der Waals surface area contributed by atoms with E-state index in [-0.39, 0.29) is 0 Å². The van der Waals surface area contributed by atoms with Crippen molar-refractivity contribution in [3.8, 4) is 16.9 Å². The number of hydrogen-bond acceptors (Lipinski definition) is 3. The first-order valence-corrected chi connectivity index (χ1v) is 9.74. The van der Waals surface area contributed by atoms with E-state index in [1.807, 2.05) is 56.3 Å². The molecule has 1 aliphatic rings. The normalized spacial score (nSPS) is 18.0. The first kappa shape index (κ1) is 15.9. The second-order valence-electron chi connectivity index (χ2n) is 6.28. The van der Waals surface area contributed by atoms with Crippen LogP contribution < -0.4 is 9.83 Å². The number of carbonyl (C=O) groups is 1. The average Bonchev–Trinajstić information content (AvgIpc) is 2.61. The second-order valence-corrected chi connectivity index (χ2v) is 8.45. The van der Waals surface area contributed by atoms with Crippen LogP contribution in [0.3, 0.4) is 0 Å². The van der Waals surface area contributed by atoms with Crippen LogP contribution >= 0.6 is 7.37 Å². The Morgan fingerprint density at radius 1 is 0.880 bits per heavy atom. The van der Waals surface area contributed by atoms with Crippen LogP contribution in [0.5, 0.6) is 5.75 Å². The van der Waals surface area contributed by atoms with Gasteiger partial charge in [-0.15, -0.1) is 0 Å². The molecule has 124 valence electrons. The summed E-state index contributed by atoms with van der Waals surface area (Å²) in [6.07, 6.45) is 0. The zero-order chi connectivity index (χ0) is 17.6. The van der Waals surface area contributed by atoms with E-state index in [1.165, 1.54) is 0 Å². The SMILES string of the molecule is Cc1ccc(C(=O)P2(=O)Oc3ccccc3-c3ccccc32)c(C)c1. The standard InChI is InChI=1S/C21H17O3P/c1-14-11-12-16(15(2)13-14)21(22)25(23)20-10-6-4-8-18(20)17-7-3-5-9-19(17)24-25/h3-13H,1-2H3. The molecule has 1 aliphatic heterocycles. The van der Waals surface area contributed by atoms with Gasteiger partial charge in [-0.1, -0.05) is 60.2 Å². The van der Waals surface area contributed by atoms with Gasteiger partial charge in [0.05, 0.1) is 5.30 Å². The lowest BCUT2D eigenvalue weighted by molar-refractivity contribution is 0.106. The predicted octanol–water partition coefficient (Wildman–Crippen LogP) is 5.11. The summed E-state index contributed by atoms with van der Waals surface area (Å²) in [4.78, 5) is 13.2. The van der Waals surface area contributed by atoms with Crippen molar-refractivity contribution in [2.75, 3.05) is 0 Å². The highest BCUT2D eigenvalue weighted by atomic mass is 31.2. The molecule has 0 radical (unpaired) electrons. The van der Waals surface area contributed by atoms with Crippen molar-refractivity contribution < 1.29 is 13.9 Å².